The second kappa shape index (κ2) is 7.78. The van der Waals surface area contributed by atoms with Gasteiger partial charge in [-0.2, -0.15) is 0 Å². The molecule has 8 nitrogen and oxygen atoms in total. The first-order valence-electron chi connectivity index (χ1n) is 7.00. The first-order chi connectivity index (χ1) is 10.9. The van der Waals surface area contributed by atoms with Crippen molar-refractivity contribution < 1.29 is 24.3 Å². The Morgan fingerprint density at radius 3 is 2.54 bits per heavy atom. The van der Waals surface area contributed by atoms with Gasteiger partial charge in [0.2, 0.25) is 0 Å². The minimum Gasteiger partial charge on any atom is -0.480 e. The van der Waals surface area contributed by atoms with Crippen LogP contribution in [0.5, 0.6) is 0 Å². The number of benzene rings is 1. The molecule has 3 amide bonds. The Morgan fingerprint density at radius 2 is 2.00 bits per heavy atom. The van der Waals surface area contributed by atoms with E-state index in [0.717, 1.165) is 5.56 Å². The van der Waals surface area contributed by atoms with Crippen LogP contribution >= 0.6 is 12.4 Å². The molecule has 0 radical (unpaired) electrons. The van der Waals surface area contributed by atoms with E-state index in [4.69, 9.17) is 9.94 Å². The highest BCUT2D eigenvalue weighted by Crippen LogP contribution is 2.28. The van der Waals surface area contributed by atoms with Crippen LogP contribution in [-0.4, -0.2) is 47.3 Å². The summed E-state index contributed by atoms with van der Waals surface area (Å²) in [6.07, 6.45) is 1.53. The number of carbonyl (C=O) groups excluding carboxylic acids is 2. The third-order valence-electron chi connectivity index (χ3n) is 3.46. The predicted molar refractivity (Wildman–Crippen MR) is 88.1 cm³/mol. The summed E-state index contributed by atoms with van der Waals surface area (Å²) in [6.45, 7) is 3.16. The molecule has 0 aliphatic carbocycles. The van der Waals surface area contributed by atoms with Crippen molar-refractivity contribution in [1.82, 2.24) is 10.2 Å². The lowest BCUT2D eigenvalue weighted by atomic mass is 9.91. The zero-order chi connectivity index (χ0) is 17.0. The van der Waals surface area contributed by atoms with Crippen LogP contribution in [-0.2, 0) is 20.0 Å². The van der Waals surface area contributed by atoms with Crippen molar-refractivity contribution in [3.05, 3.63) is 35.4 Å². The molecule has 0 unspecified atom stereocenters. The van der Waals surface area contributed by atoms with Crippen molar-refractivity contribution in [2.45, 2.75) is 19.4 Å². The molecule has 0 aromatic heterocycles. The lowest BCUT2D eigenvalue weighted by Crippen LogP contribution is -2.41. The number of nitrogens with zero attached hydrogens (tertiary/aromatic N) is 2. The number of halogens is 1. The number of oxime groups is 1. The van der Waals surface area contributed by atoms with Crippen LogP contribution in [0.1, 0.15) is 25.0 Å². The molecule has 0 spiro atoms. The van der Waals surface area contributed by atoms with Crippen LogP contribution in [0.4, 0.5) is 4.79 Å². The average Bonchev–Trinajstić information content (AvgIpc) is 2.72. The van der Waals surface area contributed by atoms with Crippen LogP contribution in [0, 0.1) is 0 Å². The highest BCUT2D eigenvalue weighted by atomic mass is 35.5. The van der Waals surface area contributed by atoms with Crippen molar-refractivity contribution in [2.75, 3.05) is 13.2 Å². The summed E-state index contributed by atoms with van der Waals surface area (Å²) in [7, 11) is 0. The number of amides is 3. The molecule has 2 rings (SSSR count). The second-order valence-corrected chi connectivity index (χ2v) is 5.11. The van der Waals surface area contributed by atoms with Crippen molar-refractivity contribution >= 4 is 36.5 Å². The van der Waals surface area contributed by atoms with Gasteiger partial charge in [-0.25, -0.2) is 4.79 Å². The molecule has 9 heteroatoms. The lowest BCUT2D eigenvalue weighted by molar-refractivity contribution is -0.142. The molecule has 24 heavy (non-hydrogen) atoms. The summed E-state index contributed by atoms with van der Waals surface area (Å²) >= 11 is 0. The Kier molecular flexibility index (Phi) is 6.30. The van der Waals surface area contributed by atoms with E-state index < -0.39 is 30.0 Å². The van der Waals surface area contributed by atoms with Crippen LogP contribution in [0.25, 0.3) is 0 Å². The zero-order valence-electron chi connectivity index (χ0n) is 13.2. The van der Waals surface area contributed by atoms with Gasteiger partial charge in [-0.15, -0.1) is 12.4 Å². The van der Waals surface area contributed by atoms with Crippen molar-refractivity contribution in [3.63, 3.8) is 0 Å². The number of carboxylic acids is 1. The second-order valence-electron chi connectivity index (χ2n) is 5.11. The highest BCUT2D eigenvalue weighted by molar-refractivity contribution is 6.08. The van der Waals surface area contributed by atoms with Gasteiger partial charge in [0.25, 0.3) is 5.91 Å². The van der Waals surface area contributed by atoms with Crippen LogP contribution in [0.15, 0.2) is 29.4 Å². The summed E-state index contributed by atoms with van der Waals surface area (Å²) < 4.78 is 0. The van der Waals surface area contributed by atoms with Crippen LogP contribution < -0.4 is 5.32 Å². The third-order valence-corrected chi connectivity index (χ3v) is 3.46. The van der Waals surface area contributed by atoms with Gasteiger partial charge in [-0.1, -0.05) is 29.4 Å². The fourth-order valence-corrected chi connectivity index (χ4v) is 2.25. The zero-order valence-corrected chi connectivity index (χ0v) is 14.0. The van der Waals surface area contributed by atoms with E-state index in [1.165, 1.54) is 6.21 Å². The Bertz CT molecular complexity index is 662. The minimum absolute atomic E-state index is 0. The predicted octanol–water partition coefficient (Wildman–Crippen LogP) is 1.33. The molecule has 2 N–H and O–H groups in total. The maximum Gasteiger partial charge on any atom is 0.325 e. The minimum atomic E-state index is -1.29. The lowest BCUT2D eigenvalue weighted by Gasteiger charge is -2.22. The van der Waals surface area contributed by atoms with Gasteiger partial charge >= 0.3 is 12.0 Å². The first kappa shape index (κ1) is 19.4. The largest absolute Gasteiger partial charge is 0.480 e. The van der Waals surface area contributed by atoms with E-state index in [0.29, 0.717) is 17.1 Å². The summed E-state index contributed by atoms with van der Waals surface area (Å²) in [4.78, 5) is 40.6. The van der Waals surface area contributed by atoms with E-state index in [2.05, 4.69) is 10.5 Å². The molecule has 1 fully saturated rings. The molecular formula is C15H18ClN3O5. The SMILES string of the molecule is CCON=Cc1ccc([C@]2(C)NC(=O)N(CC(=O)O)C2=O)cc1.Cl. The fourth-order valence-electron chi connectivity index (χ4n) is 2.25. The Balaban J connectivity index is 0.00000288. The summed E-state index contributed by atoms with van der Waals surface area (Å²) in [6, 6.07) is 6.08. The average molecular weight is 356 g/mol. The van der Waals surface area contributed by atoms with Crippen molar-refractivity contribution in [2.24, 2.45) is 5.16 Å². The number of hydrogen-bond donors (Lipinski definition) is 2. The molecular weight excluding hydrogens is 338 g/mol. The van der Waals surface area contributed by atoms with Crippen LogP contribution in [0.3, 0.4) is 0 Å². The van der Waals surface area contributed by atoms with Gasteiger partial charge < -0.3 is 15.3 Å². The smallest absolute Gasteiger partial charge is 0.325 e. The topological polar surface area (TPSA) is 108 Å². The van der Waals surface area contributed by atoms with Gasteiger partial charge in [-0.3, -0.25) is 14.5 Å². The summed E-state index contributed by atoms with van der Waals surface area (Å²) in [5.41, 5.74) is 0.0320. The number of hydrogen-bond acceptors (Lipinski definition) is 5. The van der Waals surface area contributed by atoms with E-state index in [1.54, 1.807) is 31.2 Å². The van der Waals surface area contributed by atoms with Crippen molar-refractivity contribution in [1.29, 1.82) is 0 Å². The standard InChI is InChI=1S/C15H17N3O5.ClH/c1-3-23-16-8-10-4-6-11(7-5-10)15(2)13(21)18(9-12(19)20)14(22)17-15;/h4-8H,3,9H2,1-2H3,(H,17,22)(H,19,20);1H/t15-;/m0./s1. The highest BCUT2D eigenvalue weighted by Gasteiger charge is 2.49. The molecule has 1 aromatic carbocycles. The molecule has 1 aliphatic heterocycles. The fraction of sp³-hybridized carbons (Fsp3) is 0.333. The molecule has 1 atom stereocenters. The maximum absolute atomic E-state index is 12.4. The Labute approximate surface area is 144 Å². The van der Waals surface area contributed by atoms with Gasteiger partial charge in [0.15, 0.2) is 0 Å². The normalized spacial score (nSPS) is 20.0. The number of urea groups is 1. The maximum atomic E-state index is 12.4. The van der Waals surface area contributed by atoms with Crippen molar-refractivity contribution in [3.8, 4) is 0 Å². The molecule has 0 saturated carbocycles. The molecule has 0 bridgehead atoms. The molecule has 1 heterocycles. The molecule has 1 aliphatic rings. The van der Waals surface area contributed by atoms with Crippen LogP contribution in [0.2, 0.25) is 0 Å². The molecule has 1 saturated heterocycles. The summed E-state index contributed by atoms with van der Waals surface area (Å²) in [5.74, 6) is -1.85. The number of carbonyl (C=O) groups is 3. The number of aliphatic carboxylic acids is 1. The Hall–Kier alpha value is -2.61. The monoisotopic (exact) mass is 355 g/mol. The first-order valence-corrected chi connectivity index (χ1v) is 7.00. The number of imide groups is 1. The van der Waals surface area contributed by atoms with E-state index in [9.17, 15) is 14.4 Å². The van der Waals surface area contributed by atoms with Gasteiger partial charge in [0, 0.05) is 0 Å². The third kappa shape index (κ3) is 3.83. The van der Waals surface area contributed by atoms with Gasteiger partial charge in [-0.05, 0) is 25.0 Å². The Morgan fingerprint density at radius 1 is 1.38 bits per heavy atom. The number of carboxylic acid groups (broad SMARTS) is 1. The van der Waals surface area contributed by atoms with E-state index >= 15 is 0 Å². The number of rotatable bonds is 6. The van der Waals surface area contributed by atoms with Gasteiger partial charge in [0.05, 0.1) is 6.21 Å². The quantitative estimate of drug-likeness (QED) is 0.454. The van der Waals surface area contributed by atoms with Gasteiger partial charge in [0.1, 0.15) is 18.7 Å². The summed E-state index contributed by atoms with van der Waals surface area (Å²) in [5, 5.41) is 15.1. The molecule has 130 valence electrons. The number of nitrogens with one attached hydrogen (secondary N) is 1. The molecule has 1 aromatic rings. The van der Waals surface area contributed by atoms with E-state index in [-0.39, 0.29) is 12.4 Å². The van der Waals surface area contributed by atoms with E-state index in [1.807, 2.05) is 6.92 Å².